The van der Waals surface area contributed by atoms with E-state index < -0.39 is 28.9 Å². The van der Waals surface area contributed by atoms with E-state index in [9.17, 15) is 17.6 Å². The maximum Gasteiger partial charge on any atom is 0.416 e. The third-order valence-electron chi connectivity index (χ3n) is 5.51. The van der Waals surface area contributed by atoms with Crippen LogP contribution in [0.3, 0.4) is 0 Å². The summed E-state index contributed by atoms with van der Waals surface area (Å²) in [6.45, 7) is 0. The lowest BCUT2D eigenvalue weighted by Crippen LogP contribution is -2.05. The van der Waals surface area contributed by atoms with Crippen molar-refractivity contribution in [2.24, 2.45) is 0 Å². The van der Waals surface area contributed by atoms with Crippen LogP contribution in [-0.4, -0.2) is 15.0 Å². The molecule has 5 rings (SSSR count). The van der Waals surface area contributed by atoms with Crippen LogP contribution in [-0.2, 0) is 6.18 Å². The first-order valence-corrected chi connectivity index (χ1v) is 10.8. The van der Waals surface area contributed by atoms with Gasteiger partial charge in [0.15, 0.2) is 17.5 Å². The van der Waals surface area contributed by atoms with E-state index in [-0.39, 0.29) is 17.0 Å². The second-order valence-electron chi connectivity index (χ2n) is 7.93. The normalized spacial score (nSPS) is 11.5. The monoisotopic (exact) mass is 489 g/mol. The van der Waals surface area contributed by atoms with Crippen molar-refractivity contribution < 1.29 is 22.0 Å². The van der Waals surface area contributed by atoms with Crippen molar-refractivity contribution in [1.82, 2.24) is 15.0 Å². The summed E-state index contributed by atoms with van der Waals surface area (Å²) in [5.74, 6) is -0.973. The lowest BCUT2D eigenvalue weighted by atomic mass is 10.00. The van der Waals surface area contributed by atoms with Crippen molar-refractivity contribution >= 4 is 0 Å². The molecule has 0 fully saturated rings. The predicted octanol–water partition coefficient (Wildman–Crippen LogP) is 7.84. The van der Waals surface area contributed by atoms with E-state index >= 15 is 4.39 Å². The smallest absolute Gasteiger partial charge is 0.208 e. The predicted molar refractivity (Wildman–Crippen MR) is 126 cm³/mol. The van der Waals surface area contributed by atoms with Crippen LogP contribution in [0.1, 0.15) is 5.56 Å². The molecule has 0 saturated carbocycles. The molecule has 5 aromatic rings. The molecule has 0 N–H and O–H groups in total. The quantitative estimate of drug-likeness (QED) is 0.242. The van der Waals surface area contributed by atoms with Crippen molar-refractivity contribution in [3.8, 4) is 45.3 Å². The zero-order chi connectivity index (χ0) is 25.3. The Bertz CT molecular complexity index is 1480. The highest BCUT2D eigenvalue weighted by Crippen LogP contribution is 2.35. The molecule has 8 heteroatoms. The van der Waals surface area contributed by atoms with Crippen molar-refractivity contribution in [1.29, 1.82) is 0 Å². The van der Waals surface area contributed by atoms with E-state index in [4.69, 9.17) is 0 Å². The van der Waals surface area contributed by atoms with Gasteiger partial charge in [-0.05, 0) is 24.3 Å². The minimum absolute atomic E-state index is 0.165. The zero-order valence-electron chi connectivity index (χ0n) is 18.5. The Labute approximate surface area is 203 Å². The van der Waals surface area contributed by atoms with Crippen LogP contribution in [0.5, 0.6) is 0 Å². The molecule has 0 amide bonds. The van der Waals surface area contributed by atoms with Crippen LogP contribution >= 0.6 is 0 Å². The third-order valence-corrected chi connectivity index (χ3v) is 5.51. The fraction of sp³-hybridized carbons (Fsp3) is 0.0357. The maximum atomic E-state index is 15.2. The summed E-state index contributed by atoms with van der Waals surface area (Å²) in [4.78, 5) is 13.5. The van der Waals surface area contributed by atoms with Crippen LogP contribution < -0.4 is 0 Å². The first kappa shape index (κ1) is 23.3. The number of benzene rings is 4. The average molecular weight is 489 g/mol. The molecule has 178 valence electrons. The second-order valence-corrected chi connectivity index (χ2v) is 7.93. The van der Waals surface area contributed by atoms with E-state index in [1.807, 2.05) is 60.7 Å². The highest BCUT2D eigenvalue weighted by molar-refractivity contribution is 5.71. The molecule has 0 radical (unpaired) electrons. The lowest BCUT2D eigenvalue weighted by molar-refractivity contribution is -0.137. The molecule has 4 aromatic carbocycles. The Kier molecular flexibility index (Phi) is 6.01. The minimum atomic E-state index is -4.69. The summed E-state index contributed by atoms with van der Waals surface area (Å²) in [5, 5.41) is 0. The van der Waals surface area contributed by atoms with Gasteiger partial charge < -0.3 is 0 Å². The van der Waals surface area contributed by atoms with E-state index in [2.05, 4.69) is 15.0 Å². The van der Waals surface area contributed by atoms with Crippen molar-refractivity contribution in [2.75, 3.05) is 0 Å². The highest BCUT2D eigenvalue weighted by Gasteiger charge is 2.31. The van der Waals surface area contributed by atoms with E-state index in [0.29, 0.717) is 29.8 Å². The number of halogens is 5. The molecule has 0 saturated heterocycles. The molecule has 3 nitrogen and oxygen atoms in total. The van der Waals surface area contributed by atoms with Crippen LogP contribution in [0.25, 0.3) is 45.3 Å². The lowest BCUT2D eigenvalue weighted by Gasteiger charge is -2.12. The van der Waals surface area contributed by atoms with Crippen LogP contribution in [0.4, 0.5) is 22.0 Å². The molecule has 1 aromatic heterocycles. The van der Waals surface area contributed by atoms with Gasteiger partial charge >= 0.3 is 6.18 Å². The SMILES string of the molecule is Fc1cc(-c2nc(-c3ccccc3)nc(-c3ccccc3)n2)ccc1-c1cc(C(F)(F)F)ccc1F. The fourth-order valence-corrected chi connectivity index (χ4v) is 3.72. The molecular formula is C28H16F5N3. The molecule has 0 aliphatic heterocycles. The molecule has 0 aliphatic rings. The first-order chi connectivity index (χ1) is 17.3. The number of hydrogen-bond donors (Lipinski definition) is 0. The number of aromatic nitrogens is 3. The summed E-state index contributed by atoms with van der Waals surface area (Å²) in [6.07, 6.45) is -4.69. The molecule has 1 heterocycles. The molecule has 0 unspecified atom stereocenters. The Morgan fingerprint density at radius 1 is 0.472 bits per heavy atom. The van der Waals surface area contributed by atoms with Crippen LogP contribution in [0, 0.1) is 11.6 Å². The summed E-state index contributed by atoms with van der Waals surface area (Å²) >= 11 is 0. The molecule has 0 spiro atoms. The summed E-state index contributed by atoms with van der Waals surface area (Å²) < 4.78 is 68.9. The van der Waals surface area contributed by atoms with Gasteiger partial charge in [-0.2, -0.15) is 13.2 Å². The topological polar surface area (TPSA) is 38.7 Å². The van der Waals surface area contributed by atoms with Gasteiger partial charge in [0.05, 0.1) is 5.56 Å². The van der Waals surface area contributed by atoms with Crippen molar-refractivity contribution in [2.45, 2.75) is 6.18 Å². The Morgan fingerprint density at radius 2 is 1.00 bits per heavy atom. The molecule has 0 aliphatic carbocycles. The van der Waals surface area contributed by atoms with Gasteiger partial charge in [0.2, 0.25) is 0 Å². The van der Waals surface area contributed by atoms with Gasteiger partial charge in [-0.15, -0.1) is 0 Å². The maximum absolute atomic E-state index is 15.2. The fourth-order valence-electron chi connectivity index (χ4n) is 3.72. The molecular weight excluding hydrogens is 473 g/mol. The van der Waals surface area contributed by atoms with Crippen molar-refractivity contribution in [3.63, 3.8) is 0 Å². The standard InChI is InChI=1S/C28H16F5N3/c29-23-14-12-20(28(31,32)33)16-22(23)21-13-11-19(15-24(21)30)27-35-25(17-7-3-1-4-8-17)34-26(36-27)18-9-5-2-6-10-18/h1-16H. The molecule has 0 bridgehead atoms. The number of rotatable bonds is 4. The highest BCUT2D eigenvalue weighted by atomic mass is 19.4. The number of alkyl halides is 3. The largest absolute Gasteiger partial charge is 0.416 e. The average Bonchev–Trinajstić information content (AvgIpc) is 2.89. The van der Waals surface area contributed by atoms with Crippen LogP contribution in [0.2, 0.25) is 0 Å². The van der Waals surface area contributed by atoms with Gasteiger partial charge in [-0.25, -0.2) is 23.7 Å². The summed E-state index contributed by atoms with van der Waals surface area (Å²) in [5.41, 5.74) is -0.148. The van der Waals surface area contributed by atoms with Gasteiger partial charge in [0.25, 0.3) is 0 Å². The van der Waals surface area contributed by atoms with Crippen LogP contribution in [0.15, 0.2) is 97.1 Å². The second kappa shape index (κ2) is 9.30. The van der Waals surface area contributed by atoms with E-state index in [1.165, 1.54) is 12.1 Å². The Balaban J connectivity index is 1.62. The Morgan fingerprint density at radius 3 is 1.50 bits per heavy atom. The number of nitrogens with zero attached hydrogens (tertiary/aromatic N) is 3. The van der Waals surface area contributed by atoms with Gasteiger partial charge in [-0.1, -0.05) is 72.8 Å². The first-order valence-electron chi connectivity index (χ1n) is 10.8. The zero-order valence-corrected chi connectivity index (χ0v) is 18.5. The van der Waals surface area contributed by atoms with E-state index in [1.54, 1.807) is 0 Å². The molecule has 36 heavy (non-hydrogen) atoms. The minimum Gasteiger partial charge on any atom is -0.208 e. The van der Waals surface area contributed by atoms with Gasteiger partial charge in [0, 0.05) is 27.8 Å². The van der Waals surface area contributed by atoms with Crippen molar-refractivity contribution in [3.05, 3.63) is 114 Å². The van der Waals surface area contributed by atoms with E-state index in [0.717, 1.165) is 17.2 Å². The van der Waals surface area contributed by atoms with Gasteiger partial charge in [-0.3, -0.25) is 0 Å². The number of hydrogen-bond acceptors (Lipinski definition) is 3. The molecule has 0 atom stereocenters. The van der Waals surface area contributed by atoms with Gasteiger partial charge in [0.1, 0.15) is 11.6 Å². The Hall–Kier alpha value is -4.46. The summed E-state index contributed by atoms with van der Waals surface area (Å²) in [6, 6.07) is 24.0. The third kappa shape index (κ3) is 4.70. The summed E-state index contributed by atoms with van der Waals surface area (Å²) in [7, 11) is 0.